The van der Waals surface area contributed by atoms with Crippen molar-refractivity contribution in [3.63, 3.8) is 0 Å². The van der Waals surface area contributed by atoms with Crippen molar-refractivity contribution >= 4 is 18.0 Å². The summed E-state index contributed by atoms with van der Waals surface area (Å²) in [7, 11) is 0. The number of nitrogens with zero attached hydrogens (tertiary/aromatic N) is 1. The first-order valence-electron chi connectivity index (χ1n) is 7.40. The Kier molecular flexibility index (Phi) is 3.50. The quantitative estimate of drug-likeness (QED) is 0.878. The van der Waals surface area contributed by atoms with Crippen molar-refractivity contribution in [3.8, 4) is 0 Å². The topological polar surface area (TPSA) is 104 Å². The Balaban J connectivity index is 1.84. The zero-order valence-corrected chi connectivity index (χ0v) is 12.4. The maximum atomic E-state index is 12.5. The molecule has 2 fully saturated rings. The highest BCUT2D eigenvalue weighted by molar-refractivity contribution is 5.94. The highest BCUT2D eigenvalue weighted by Gasteiger charge is 2.70. The minimum absolute atomic E-state index is 0.0262. The van der Waals surface area contributed by atoms with Crippen molar-refractivity contribution in [2.45, 2.75) is 43.4 Å². The van der Waals surface area contributed by atoms with E-state index in [-0.39, 0.29) is 32.3 Å². The normalized spacial score (nSPS) is 28.6. The van der Waals surface area contributed by atoms with Crippen LogP contribution in [-0.2, 0) is 20.9 Å². The van der Waals surface area contributed by atoms with E-state index in [1.807, 2.05) is 6.07 Å². The van der Waals surface area contributed by atoms with Gasteiger partial charge in [-0.1, -0.05) is 30.3 Å². The maximum absolute atomic E-state index is 12.5. The molecule has 0 atom stereocenters. The van der Waals surface area contributed by atoms with Crippen LogP contribution in [0.1, 0.15) is 31.2 Å². The standard InChI is InChI=1S/C16H17NO6/c18-12(19)15-6-7-16(9-8-15,13(20)21)17(15)14(22)23-10-11-4-2-1-3-5-11/h1-5H,6-10H2,(H,18,19)(H,20,21). The number of hydrogen-bond acceptors (Lipinski definition) is 4. The Morgan fingerprint density at radius 2 is 1.43 bits per heavy atom. The number of hydrogen-bond donors (Lipinski definition) is 2. The van der Waals surface area contributed by atoms with Gasteiger partial charge in [0.15, 0.2) is 0 Å². The predicted octanol–water partition coefficient (Wildman–Crippen LogP) is 1.86. The van der Waals surface area contributed by atoms with Gasteiger partial charge in [-0.3, -0.25) is 4.90 Å². The van der Waals surface area contributed by atoms with Crippen LogP contribution in [0, 0.1) is 0 Å². The van der Waals surface area contributed by atoms with Crippen LogP contribution in [0.2, 0.25) is 0 Å². The minimum atomic E-state index is -1.47. The molecule has 23 heavy (non-hydrogen) atoms. The zero-order chi connectivity index (χ0) is 16.7. The monoisotopic (exact) mass is 319 g/mol. The van der Waals surface area contributed by atoms with E-state index < -0.39 is 29.1 Å². The van der Waals surface area contributed by atoms with E-state index in [1.165, 1.54) is 0 Å². The Hall–Kier alpha value is -2.57. The molecule has 0 radical (unpaired) electrons. The molecule has 1 aromatic rings. The van der Waals surface area contributed by atoms with Crippen LogP contribution in [0.4, 0.5) is 4.79 Å². The number of benzene rings is 1. The van der Waals surface area contributed by atoms with Crippen molar-refractivity contribution in [1.82, 2.24) is 4.90 Å². The second-order valence-electron chi connectivity index (χ2n) is 6.05. The highest BCUT2D eigenvalue weighted by atomic mass is 16.6. The number of amides is 1. The van der Waals surface area contributed by atoms with E-state index in [1.54, 1.807) is 24.3 Å². The molecule has 1 amide bonds. The molecule has 122 valence electrons. The maximum Gasteiger partial charge on any atom is 0.412 e. The van der Waals surface area contributed by atoms with Crippen LogP contribution < -0.4 is 0 Å². The lowest BCUT2D eigenvalue weighted by Gasteiger charge is -2.33. The fourth-order valence-electron chi connectivity index (χ4n) is 3.69. The lowest BCUT2D eigenvalue weighted by atomic mass is 9.82. The summed E-state index contributed by atoms with van der Waals surface area (Å²) in [4.78, 5) is 36.8. The second-order valence-corrected chi connectivity index (χ2v) is 6.05. The van der Waals surface area contributed by atoms with E-state index in [2.05, 4.69) is 0 Å². The molecule has 2 heterocycles. The average molecular weight is 319 g/mol. The molecule has 1 aromatic carbocycles. The molecule has 0 saturated carbocycles. The van der Waals surface area contributed by atoms with Crippen LogP contribution >= 0.6 is 0 Å². The summed E-state index contributed by atoms with van der Waals surface area (Å²) < 4.78 is 5.20. The van der Waals surface area contributed by atoms with Crippen molar-refractivity contribution in [2.24, 2.45) is 0 Å². The SMILES string of the molecule is O=C(OCc1ccccc1)N1C2(C(=O)O)CCC1(C(=O)O)CC2. The van der Waals surface area contributed by atoms with E-state index in [0.717, 1.165) is 10.5 Å². The molecule has 7 heteroatoms. The summed E-state index contributed by atoms with van der Waals surface area (Å²) in [5, 5.41) is 19.1. The molecular formula is C16H17NO6. The van der Waals surface area contributed by atoms with Gasteiger partial charge in [0.2, 0.25) is 0 Å². The Bertz CT molecular complexity index is 618. The summed E-state index contributed by atoms with van der Waals surface area (Å²) in [5.41, 5.74) is -2.18. The fourth-order valence-corrected chi connectivity index (χ4v) is 3.69. The second kappa shape index (κ2) is 5.26. The van der Waals surface area contributed by atoms with Crippen LogP contribution in [0.15, 0.2) is 30.3 Å². The highest BCUT2D eigenvalue weighted by Crippen LogP contribution is 2.54. The molecule has 7 nitrogen and oxygen atoms in total. The van der Waals surface area contributed by atoms with Gasteiger partial charge in [-0.2, -0.15) is 0 Å². The minimum Gasteiger partial charge on any atom is -0.479 e. The molecule has 2 N–H and O–H groups in total. The summed E-state index contributed by atoms with van der Waals surface area (Å²) in [6.07, 6.45) is -0.345. The Labute approximate surface area is 132 Å². The van der Waals surface area contributed by atoms with Crippen LogP contribution in [0.25, 0.3) is 0 Å². The predicted molar refractivity (Wildman–Crippen MR) is 77.7 cm³/mol. The third-order valence-electron chi connectivity index (χ3n) is 4.94. The third kappa shape index (κ3) is 2.15. The largest absolute Gasteiger partial charge is 0.479 e. The van der Waals surface area contributed by atoms with Crippen molar-refractivity contribution in [3.05, 3.63) is 35.9 Å². The number of aliphatic carboxylic acids is 2. The first kappa shape index (κ1) is 15.3. The summed E-state index contributed by atoms with van der Waals surface area (Å²) in [5.74, 6) is -2.34. The fraction of sp³-hybridized carbons (Fsp3) is 0.438. The van der Waals surface area contributed by atoms with Gasteiger partial charge in [-0.25, -0.2) is 14.4 Å². The van der Waals surface area contributed by atoms with Gasteiger partial charge in [0.25, 0.3) is 0 Å². The van der Waals surface area contributed by atoms with Crippen LogP contribution in [0.5, 0.6) is 0 Å². The van der Waals surface area contributed by atoms with E-state index in [9.17, 15) is 24.6 Å². The van der Waals surface area contributed by atoms with Gasteiger partial charge in [-0.15, -0.1) is 0 Å². The van der Waals surface area contributed by atoms with Gasteiger partial charge < -0.3 is 14.9 Å². The van der Waals surface area contributed by atoms with E-state index in [4.69, 9.17) is 4.74 Å². The molecule has 0 aromatic heterocycles. The summed E-state index contributed by atoms with van der Waals surface area (Å²) in [6, 6.07) is 8.95. The lowest BCUT2D eigenvalue weighted by molar-refractivity contribution is -0.152. The molecule has 0 aliphatic carbocycles. The molecule has 2 bridgehead atoms. The van der Waals surface area contributed by atoms with E-state index in [0.29, 0.717) is 0 Å². The summed E-state index contributed by atoms with van der Waals surface area (Å²) in [6.45, 7) is -0.0262. The molecule has 2 aliphatic heterocycles. The van der Waals surface area contributed by atoms with Crippen LogP contribution in [0.3, 0.4) is 0 Å². The van der Waals surface area contributed by atoms with Crippen LogP contribution in [-0.4, -0.2) is 44.2 Å². The number of carbonyl (C=O) groups is 3. The van der Waals surface area contributed by atoms with Gasteiger partial charge in [0, 0.05) is 0 Å². The van der Waals surface area contributed by atoms with Gasteiger partial charge in [-0.05, 0) is 31.2 Å². The number of ether oxygens (including phenoxy) is 1. The third-order valence-corrected chi connectivity index (χ3v) is 4.94. The van der Waals surface area contributed by atoms with Gasteiger partial charge in [0.1, 0.15) is 17.7 Å². The number of carboxylic acids is 2. The van der Waals surface area contributed by atoms with Gasteiger partial charge >= 0.3 is 18.0 Å². The summed E-state index contributed by atoms with van der Waals surface area (Å²) >= 11 is 0. The van der Waals surface area contributed by atoms with E-state index >= 15 is 0 Å². The number of fused-ring (bicyclic) bond motifs is 2. The average Bonchev–Trinajstić information content (AvgIpc) is 3.07. The lowest BCUT2D eigenvalue weighted by Crippen LogP contribution is -2.57. The molecule has 3 rings (SSSR count). The molecule has 2 aliphatic rings. The Morgan fingerprint density at radius 1 is 0.957 bits per heavy atom. The molecule has 0 spiro atoms. The number of rotatable bonds is 4. The van der Waals surface area contributed by atoms with Crippen molar-refractivity contribution in [2.75, 3.05) is 0 Å². The smallest absolute Gasteiger partial charge is 0.412 e. The molecule has 0 unspecified atom stereocenters. The molecular weight excluding hydrogens is 302 g/mol. The number of carbonyl (C=O) groups excluding carboxylic acids is 1. The Morgan fingerprint density at radius 3 is 1.87 bits per heavy atom. The van der Waals surface area contributed by atoms with Crippen molar-refractivity contribution < 1.29 is 29.3 Å². The zero-order valence-electron chi connectivity index (χ0n) is 12.4. The first-order chi connectivity index (χ1) is 10.9. The molecule has 2 saturated heterocycles. The van der Waals surface area contributed by atoms with Gasteiger partial charge in [0.05, 0.1) is 0 Å². The first-order valence-corrected chi connectivity index (χ1v) is 7.40. The van der Waals surface area contributed by atoms with Crippen molar-refractivity contribution in [1.29, 1.82) is 0 Å². The number of carboxylic acid groups (broad SMARTS) is 2.